The predicted molar refractivity (Wildman–Crippen MR) is 147 cm³/mol. The first kappa shape index (κ1) is 24.7. The van der Waals surface area contributed by atoms with E-state index in [0.717, 1.165) is 25.7 Å². The molecule has 0 aliphatic heterocycles. The maximum Gasteiger partial charge on any atom is 0.282 e. The largest absolute Gasteiger partial charge is 0.482 e. The molecule has 7 nitrogen and oxygen atoms in total. The van der Waals surface area contributed by atoms with Gasteiger partial charge in [0.05, 0.1) is 22.1 Å². The van der Waals surface area contributed by atoms with Crippen molar-refractivity contribution in [1.82, 2.24) is 9.66 Å². The number of hydrogen-bond donors (Lipinski definition) is 1. The summed E-state index contributed by atoms with van der Waals surface area (Å²) in [6.07, 6.45) is 7.04. The molecule has 3 aromatic carbocycles. The van der Waals surface area contributed by atoms with Crippen molar-refractivity contribution in [3.63, 3.8) is 0 Å². The average molecular weight is 515 g/mol. The van der Waals surface area contributed by atoms with Gasteiger partial charge >= 0.3 is 0 Å². The zero-order chi connectivity index (χ0) is 25.6. The number of anilines is 1. The van der Waals surface area contributed by atoms with Crippen LogP contribution in [-0.4, -0.2) is 28.4 Å². The predicted octanol–water partition coefficient (Wildman–Crippen LogP) is 6.00. The summed E-state index contributed by atoms with van der Waals surface area (Å²) in [4.78, 5) is 30.4. The number of halogens is 1. The maximum atomic E-state index is 13.3. The Kier molecular flexibility index (Phi) is 7.61. The summed E-state index contributed by atoms with van der Waals surface area (Å²) in [6.45, 7) is -0.176. The molecule has 37 heavy (non-hydrogen) atoms. The molecule has 0 saturated heterocycles. The SMILES string of the molecule is O=C(COc1ccc(C=Nn2c(C3CCCCC3)nc3ccccc3c2=O)cc1Cl)Nc1ccccc1. The number of rotatable bonds is 7. The second-order valence-electron chi connectivity index (χ2n) is 9.08. The molecule has 8 heteroatoms. The first-order valence-electron chi connectivity index (χ1n) is 12.4. The minimum atomic E-state index is -0.286. The number of para-hydroxylation sites is 2. The normalized spacial score (nSPS) is 14.2. The molecule has 1 aliphatic rings. The zero-order valence-corrected chi connectivity index (χ0v) is 21.0. The number of carbonyl (C=O) groups is 1. The van der Waals surface area contributed by atoms with Gasteiger partial charge in [-0.15, -0.1) is 0 Å². The van der Waals surface area contributed by atoms with Gasteiger partial charge in [0, 0.05) is 11.6 Å². The average Bonchev–Trinajstić information content (AvgIpc) is 2.93. The summed E-state index contributed by atoms with van der Waals surface area (Å²) >= 11 is 6.42. The smallest absolute Gasteiger partial charge is 0.282 e. The Bertz CT molecular complexity index is 1490. The lowest BCUT2D eigenvalue weighted by Gasteiger charge is -2.22. The van der Waals surface area contributed by atoms with Crippen LogP contribution in [0.1, 0.15) is 49.4 Å². The summed E-state index contributed by atoms with van der Waals surface area (Å²) < 4.78 is 7.04. The van der Waals surface area contributed by atoms with Crippen molar-refractivity contribution in [3.8, 4) is 5.75 Å². The van der Waals surface area contributed by atoms with Gasteiger partial charge in [0.2, 0.25) is 0 Å². The molecule has 188 valence electrons. The molecular weight excluding hydrogens is 488 g/mol. The van der Waals surface area contributed by atoms with Gasteiger partial charge in [-0.1, -0.05) is 61.2 Å². The fraction of sp³-hybridized carbons (Fsp3) is 0.241. The van der Waals surface area contributed by atoms with Crippen LogP contribution < -0.4 is 15.6 Å². The lowest BCUT2D eigenvalue weighted by Crippen LogP contribution is -2.25. The Morgan fingerprint density at radius 2 is 1.81 bits per heavy atom. The van der Waals surface area contributed by atoms with Crippen LogP contribution in [0.15, 0.2) is 82.7 Å². The van der Waals surface area contributed by atoms with E-state index < -0.39 is 0 Å². The molecular formula is C29H27ClN4O3. The van der Waals surface area contributed by atoms with E-state index in [2.05, 4.69) is 10.4 Å². The van der Waals surface area contributed by atoms with Gasteiger partial charge in [-0.05, 0) is 60.9 Å². The second kappa shape index (κ2) is 11.4. The van der Waals surface area contributed by atoms with Gasteiger partial charge < -0.3 is 10.1 Å². The number of fused-ring (bicyclic) bond motifs is 1. The van der Waals surface area contributed by atoms with E-state index in [1.54, 1.807) is 42.6 Å². The number of nitrogens with zero attached hydrogens (tertiary/aromatic N) is 3. The molecule has 1 saturated carbocycles. The highest BCUT2D eigenvalue weighted by atomic mass is 35.5. The van der Waals surface area contributed by atoms with Gasteiger partial charge in [0.15, 0.2) is 6.61 Å². The number of benzene rings is 3. The zero-order valence-electron chi connectivity index (χ0n) is 20.3. The first-order valence-corrected chi connectivity index (χ1v) is 12.8. The van der Waals surface area contributed by atoms with Crippen molar-refractivity contribution in [2.24, 2.45) is 5.10 Å². The van der Waals surface area contributed by atoms with Gasteiger partial charge in [0.1, 0.15) is 11.6 Å². The number of amides is 1. The summed E-state index contributed by atoms with van der Waals surface area (Å²) in [5, 5.41) is 8.19. The Hall–Kier alpha value is -3.97. The Labute approximate surface area is 219 Å². The van der Waals surface area contributed by atoms with Crippen LogP contribution in [0.5, 0.6) is 5.75 Å². The number of carbonyl (C=O) groups excluding carboxylic acids is 1. The Morgan fingerprint density at radius 3 is 2.59 bits per heavy atom. The number of ether oxygens (including phenoxy) is 1. The van der Waals surface area contributed by atoms with E-state index in [4.69, 9.17) is 21.3 Å². The van der Waals surface area contributed by atoms with Gasteiger partial charge in [-0.3, -0.25) is 9.59 Å². The van der Waals surface area contributed by atoms with E-state index in [1.165, 1.54) is 11.1 Å². The lowest BCUT2D eigenvalue weighted by atomic mass is 9.88. The molecule has 0 unspecified atom stereocenters. The molecule has 5 rings (SSSR count). The monoisotopic (exact) mass is 514 g/mol. The summed E-state index contributed by atoms with van der Waals surface area (Å²) in [5.74, 6) is 1.00. The van der Waals surface area contributed by atoms with Crippen LogP contribution in [-0.2, 0) is 4.79 Å². The molecule has 0 atom stereocenters. The standard InChI is InChI=1S/C29H27ClN4O3/c30-24-17-20(15-16-26(24)37-19-27(35)32-22-11-5-2-6-12-22)18-31-34-28(21-9-3-1-4-10-21)33-25-14-8-7-13-23(25)29(34)36/h2,5-8,11-18,21H,1,3-4,9-10,19H2,(H,32,35). The third-order valence-corrected chi connectivity index (χ3v) is 6.74. The van der Waals surface area contributed by atoms with E-state index >= 15 is 0 Å². The van der Waals surface area contributed by atoms with Crippen LogP contribution in [0.4, 0.5) is 5.69 Å². The fourth-order valence-corrected chi connectivity index (χ4v) is 4.82. The quantitative estimate of drug-likeness (QED) is 0.307. The van der Waals surface area contributed by atoms with Crippen molar-refractivity contribution >= 4 is 40.3 Å². The molecule has 4 aromatic rings. The molecule has 1 heterocycles. The Balaban J connectivity index is 1.35. The van der Waals surface area contributed by atoms with E-state index in [1.807, 2.05) is 36.4 Å². The summed E-state index contributed by atoms with van der Waals surface area (Å²) in [7, 11) is 0. The maximum absolute atomic E-state index is 13.3. The highest BCUT2D eigenvalue weighted by Crippen LogP contribution is 2.32. The van der Waals surface area contributed by atoms with Gasteiger partial charge in [0.25, 0.3) is 11.5 Å². The van der Waals surface area contributed by atoms with Crippen LogP contribution in [0.25, 0.3) is 10.9 Å². The Morgan fingerprint density at radius 1 is 1.05 bits per heavy atom. The molecule has 1 aliphatic carbocycles. The third kappa shape index (κ3) is 5.89. The molecule has 1 fully saturated rings. The van der Waals surface area contributed by atoms with Gasteiger partial charge in [-0.25, -0.2) is 4.98 Å². The molecule has 1 N–H and O–H groups in total. The number of aromatic nitrogens is 2. The molecule has 1 amide bonds. The van der Waals surface area contributed by atoms with Crippen molar-refractivity contribution < 1.29 is 9.53 Å². The molecule has 1 aromatic heterocycles. The van der Waals surface area contributed by atoms with E-state index in [-0.39, 0.29) is 24.0 Å². The molecule has 0 spiro atoms. The molecule has 0 bridgehead atoms. The van der Waals surface area contributed by atoms with Crippen molar-refractivity contribution in [2.45, 2.75) is 38.0 Å². The van der Waals surface area contributed by atoms with Crippen molar-refractivity contribution in [1.29, 1.82) is 0 Å². The highest BCUT2D eigenvalue weighted by molar-refractivity contribution is 6.32. The fourth-order valence-electron chi connectivity index (χ4n) is 4.58. The lowest BCUT2D eigenvalue weighted by molar-refractivity contribution is -0.118. The third-order valence-electron chi connectivity index (χ3n) is 6.44. The first-order chi connectivity index (χ1) is 18.1. The van der Waals surface area contributed by atoms with Crippen molar-refractivity contribution in [3.05, 3.63) is 99.6 Å². The summed E-state index contributed by atoms with van der Waals surface area (Å²) in [5.41, 5.74) is 1.90. The van der Waals surface area contributed by atoms with E-state index in [0.29, 0.717) is 38.8 Å². The topological polar surface area (TPSA) is 85.6 Å². The summed E-state index contributed by atoms with van der Waals surface area (Å²) in [6, 6.07) is 21.7. The second-order valence-corrected chi connectivity index (χ2v) is 9.48. The van der Waals surface area contributed by atoms with Crippen LogP contribution >= 0.6 is 11.6 Å². The van der Waals surface area contributed by atoms with Crippen LogP contribution in [0.2, 0.25) is 5.02 Å². The number of nitrogens with one attached hydrogen (secondary N) is 1. The van der Waals surface area contributed by atoms with E-state index in [9.17, 15) is 9.59 Å². The minimum Gasteiger partial charge on any atom is -0.482 e. The number of hydrogen-bond acceptors (Lipinski definition) is 5. The highest BCUT2D eigenvalue weighted by Gasteiger charge is 2.22. The van der Waals surface area contributed by atoms with Crippen LogP contribution in [0, 0.1) is 0 Å². The van der Waals surface area contributed by atoms with Crippen molar-refractivity contribution in [2.75, 3.05) is 11.9 Å². The molecule has 0 radical (unpaired) electrons. The minimum absolute atomic E-state index is 0.176. The van der Waals surface area contributed by atoms with Gasteiger partial charge in [-0.2, -0.15) is 9.78 Å². The van der Waals surface area contributed by atoms with Crippen LogP contribution in [0.3, 0.4) is 0 Å².